The molecule has 1 aliphatic heterocycles. The molecule has 2 bridgehead atoms. The molecule has 0 spiro atoms. The van der Waals surface area contributed by atoms with Gasteiger partial charge in [0.25, 0.3) is 0 Å². The van der Waals surface area contributed by atoms with Crippen molar-refractivity contribution in [3.8, 4) is 0 Å². The molecule has 1 N–H and O–H groups in total. The number of ether oxygens (including phenoxy) is 3. The Hall–Kier alpha value is -1.32. The summed E-state index contributed by atoms with van der Waals surface area (Å²) in [6, 6.07) is 0. The van der Waals surface area contributed by atoms with Crippen LogP contribution in [0.3, 0.4) is 0 Å². The molecular formula is C26H34O4. The van der Waals surface area contributed by atoms with Crippen molar-refractivity contribution in [1.29, 1.82) is 0 Å². The third kappa shape index (κ3) is 1.96. The second-order valence-electron chi connectivity index (χ2n) is 10.7. The fourth-order valence-corrected chi connectivity index (χ4v) is 9.17. The molecule has 4 heteroatoms. The number of fused-ring (bicyclic) bond motifs is 3. The Morgan fingerprint density at radius 3 is 2.67 bits per heavy atom. The average Bonchev–Trinajstić information content (AvgIpc) is 3.40. The zero-order chi connectivity index (χ0) is 20.8. The van der Waals surface area contributed by atoms with Gasteiger partial charge in [-0.05, 0) is 85.3 Å². The average molecular weight is 411 g/mol. The topological polar surface area (TPSA) is 47.9 Å². The van der Waals surface area contributed by atoms with Crippen molar-refractivity contribution in [1.82, 2.24) is 0 Å². The molecule has 0 amide bonds. The van der Waals surface area contributed by atoms with E-state index in [9.17, 15) is 5.11 Å². The summed E-state index contributed by atoms with van der Waals surface area (Å²) < 4.78 is 18.1. The van der Waals surface area contributed by atoms with Gasteiger partial charge in [0.2, 0.25) is 0 Å². The van der Waals surface area contributed by atoms with Crippen LogP contribution in [-0.4, -0.2) is 37.8 Å². The molecule has 3 saturated carbocycles. The number of rotatable bonds is 3. The normalized spacial score (nSPS) is 47.7. The van der Waals surface area contributed by atoms with Crippen LogP contribution in [0, 0.1) is 34.0 Å². The van der Waals surface area contributed by atoms with E-state index in [4.69, 9.17) is 14.2 Å². The molecule has 0 radical (unpaired) electrons. The van der Waals surface area contributed by atoms with Crippen LogP contribution in [0.25, 0.3) is 0 Å². The van der Waals surface area contributed by atoms with E-state index >= 15 is 0 Å². The van der Waals surface area contributed by atoms with Gasteiger partial charge < -0.3 is 19.3 Å². The number of hydrogen-bond acceptors (Lipinski definition) is 4. The lowest BCUT2D eigenvalue weighted by Gasteiger charge is -2.60. The molecule has 0 aromatic carbocycles. The van der Waals surface area contributed by atoms with Gasteiger partial charge in [-0.2, -0.15) is 0 Å². The molecule has 1 saturated heterocycles. The summed E-state index contributed by atoms with van der Waals surface area (Å²) in [5, 5.41) is 10.5. The molecule has 6 aliphatic rings. The van der Waals surface area contributed by atoms with Crippen LogP contribution < -0.4 is 0 Å². The van der Waals surface area contributed by atoms with Gasteiger partial charge in [0.15, 0.2) is 5.79 Å². The van der Waals surface area contributed by atoms with Crippen molar-refractivity contribution in [3.63, 3.8) is 0 Å². The Morgan fingerprint density at radius 1 is 1.13 bits per heavy atom. The van der Waals surface area contributed by atoms with E-state index in [-0.39, 0.29) is 22.9 Å². The second-order valence-corrected chi connectivity index (χ2v) is 10.7. The number of hydrogen-bond donors (Lipinski definition) is 1. The summed E-state index contributed by atoms with van der Waals surface area (Å²) in [4.78, 5) is 0. The SMILES string of the molecule is COC1=CC2CC[C@@H]3[C@H](CC[C@@]4(C)C35C=C(CO)[C@@]4(C3(C)OCCO3)CC5)C2=C=C1. The fraction of sp³-hybridized carbons (Fsp3) is 0.731. The van der Waals surface area contributed by atoms with E-state index < -0.39 is 5.79 Å². The van der Waals surface area contributed by atoms with Crippen LogP contribution in [0.5, 0.6) is 0 Å². The van der Waals surface area contributed by atoms with Crippen LogP contribution in [0.2, 0.25) is 0 Å². The maximum Gasteiger partial charge on any atom is 0.175 e. The summed E-state index contributed by atoms with van der Waals surface area (Å²) in [6.45, 7) is 6.05. The molecular weight excluding hydrogens is 376 g/mol. The van der Waals surface area contributed by atoms with Crippen molar-refractivity contribution < 1.29 is 19.3 Å². The maximum absolute atomic E-state index is 10.5. The number of aliphatic hydroxyl groups excluding tert-OH is 1. The minimum absolute atomic E-state index is 0.0671. The molecule has 4 nitrogen and oxygen atoms in total. The van der Waals surface area contributed by atoms with Crippen molar-refractivity contribution in [2.45, 2.75) is 58.2 Å². The molecule has 2 unspecified atom stereocenters. The van der Waals surface area contributed by atoms with Crippen LogP contribution in [0.4, 0.5) is 0 Å². The molecule has 4 fully saturated rings. The number of aliphatic hydroxyl groups is 1. The van der Waals surface area contributed by atoms with E-state index in [0.717, 1.165) is 18.6 Å². The third-order valence-electron chi connectivity index (χ3n) is 10.3. The molecule has 0 aromatic rings. The molecule has 6 atom stereocenters. The quantitative estimate of drug-likeness (QED) is 0.549. The lowest BCUT2D eigenvalue weighted by molar-refractivity contribution is -0.251. The largest absolute Gasteiger partial charge is 0.496 e. The standard InChI is InChI=1S/C26H34O4/c1-23-9-8-21-20-6-5-19(28-3)14-17(20)4-7-22(21)25(23)10-11-26(23,18(15-25)16-27)24(2)29-12-13-30-24/h5,14-15,17,21-22,27H,4,7-13,16H2,1-3H3/t17?,21-,22-,23+,25?,26+/m1/s1. The van der Waals surface area contributed by atoms with Gasteiger partial charge in [-0.25, -0.2) is 0 Å². The summed E-state index contributed by atoms with van der Waals surface area (Å²) in [5.41, 5.74) is 6.29. The number of allylic oxidation sites excluding steroid dienone is 3. The summed E-state index contributed by atoms with van der Waals surface area (Å²) in [7, 11) is 1.75. The van der Waals surface area contributed by atoms with Crippen LogP contribution in [0.15, 0.2) is 40.9 Å². The Labute approximate surface area is 179 Å². The Morgan fingerprint density at radius 2 is 1.93 bits per heavy atom. The number of methoxy groups -OCH3 is 1. The minimum Gasteiger partial charge on any atom is -0.496 e. The fourth-order valence-electron chi connectivity index (χ4n) is 9.17. The molecule has 6 rings (SSSR count). The Kier molecular flexibility index (Phi) is 3.96. The monoisotopic (exact) mass is 410 g/mol. The van der Waals surface area contributed by atoms with E-state index in [1.165, 1.54) is 36.8 Å². The summed E-state index contributed by atoms with van der Waals surface area (Å²) in [6.07, 6.45) is 13.8. The van der Waals surface area contributed by atoms with E-state index in [2.05, 4.69) is 31.7 Å². The van der Waals surface area contributed by atoms with Gasteiger partial charge in [-0.15, -0.1) is 5.73 Å². The van der Waals surface area contributed by atoms with Gasteiger partial charge in [0.1, 0.15) is 5.76 Å². The molecule has 0 aromatic heterocycles. The highest BCUT2D eigenvalue weighted by Gasteiger charge is 2.79. The predicted molar refractivity (Wildman–Crippen MR) is 113 cm³/mol. The smallest absolute Gasteiger partial charge is 0.175 e. The van der Waals surface area contributed by atoms with Gasteiger partial charge >= 0.3 is 0 Å². The van der Waals surface area contributed by atoms with Crippen molar-refractivity contribution >= 4 is 0 Å². The van der Waals surface area contributed by atoms with Gasteiger partial charge in [0, 0.05) is 12.0 Å². The van der Waals surface area contributed by atoms with Crippen LogP contribution in [-0.2, 0) is 14.2 Å². The van der Waals surface area contributed by atoms with Gasteiger partial charge in [-0.3, -0.25) is 0 Å². The zero-order valence-corrected chi connectivity index (χ0v) is 18.5. The molecule has 30 heavy (non-hydrogen) atoms. The first kappa shape index (κ1) is 19.4. The van der Waals surface area contributed by atoms with E-state index in [1.54, 1.807) is 7.11 Å². The first-order valence-electron chi connectivity index (χ1n) is 11.8. The van der Waals surface area contributed by atoms with Gasteiger partial charge in [0.05, 0.1) is 32.3 Å². The summed E-state index contributed by atoms with van der Waals surface area (Å²) >= 11 is 0. The maximum atomic E-state index is 10.5. The molecule has 162 valence electrons. The highest BCUT2D eigenvalue weighted by molar-refractivity contribution is 5.45. The summed E-state index contributed by atoms with van der Waals surface area (Å²) in [5.74, 6) is 1.98. The molecule has 5 aliphatic carbocycles. The third-order valence-corrected chi connectivity index (χ3v) is 10.3. The van der Waals surface area contributed by atoms with Crippen molar-refractivity contribution in [2.75, 3.05) is 26.9 Å². The van der Waals surface area contributed by atoms with E-state index in [1.807, 2.05) is 6.08 Å². The molecule has 1 heterocycles. The first-order valence-corrected chi connectivity index (χ1v) is 11.8. The van der Waals surface area contributed by atoms with Crippen LogP contribution in [0.1, 0.15) is 52.4 Å². The highest BCUT2D eigenvalue weighted by Crippen LogP contribution is 2.82. The lowest BCUT2D eigenvalue weighted by Crippen LogP contribution is -2.59. The Bertz CT molecular complexity index is 902. The van der Waals surface area contributed by atoms with Gasteiger partial charge in [-0.1, -0.05) is 13.0 Å². The van der Waals surface area contributed by atoms with E-state index in [0.29, 0.717) is 31.0 Å². The highest BCUT2D eigenvalue weighted by atomic mass is 16.7. The predicted octanol–water partition coefficient (Wildman–Crippen LogP) is 4.52. The second kappa shape index (κ2) is 6.13. The zero-order valence-electron chi connectivity index (χ0n) is 18.5. The minimum atomic E-state index is -0.626. The van der Waals surface area contributed by atoms with Crippen molar-refractivity contribution in [2.24, 2.45) is 34.0 Å². The lowest BCUT2D eigenvalue weighted by atomic mass is 9.45. The first-order chi connectivity index (χ1) is 14.4. The Balaban J connectivity index is 1.46. The van der Waals surface area contributed by atoms with Crippen LogP contribution >= 0.6 is 0 Å². The van der Waals surface area contributed by atoms with Crippen molar-refractivity contribution in [3.05, 3.63) is 40.9 Å².